The minimum Gasteiger partial charge on any atom is -0.480 e. The van der Waals surface area contributed by atoms with E-state index in [1.807, 2.05) is 0 Å². The number of aliphatic carboxylic acids is 1. The van der Waals surface area contributed by atoms with Gasteiger partial charge in [-0.05, 0) is 37.5 Å². The van der Waals surface area contributed by atoms with Gasteiger partial charge in [0.2, 0.25) is 5.91 Å². The van der Waals surface area contributed by atoms with Crippen LogP contribution in [0.1, 0.15) is 24.8 Å². The number of halogens is 1. The first-order valence-electron chi connectivity index (χ1n) is 5.77. The van der Waals surface area contributed by atoms with E-state index >= 15 is 0 Å². The van der Waals surface area contributed by atoms with Gasteiger partial charge in [0.1, 0.15) is 11.2 Å². The largest absolute Gasteiger partial charge is 0.480 e. The van der Waals surface area contributed by atoms with Crippen molar-refractivity contribution in [2.24, 2.45) is 5.41 Å². The predicted octanol–water partition coefficient (Wildman–Crippen LogP) is 2.33. The summed E-state index contributed by atoms with van der Waals surface area (Å²) in [6.07, 6.45) is 1.32. The summed E-state index contributed by atoms with van der Waals surface area (Å²) in [6.45, 7) is 1.77. The van der Waals surface area contributed by atoms with Crippen LogP contribution >= 0.6 is 0 Å². The number of rotatable bonds is 3. The van der Waals surface area contributed by atoms with E-state index in [9.17, 15) is 14.0 Å². The zero-order valence-electron chi connectivity index (χ0n) is 10.00. The Bertz CT molecular complexity index is 509. The molecule has 1 fully saturated rings. The smallest absolute Gasteiger partial charge is 0.319 e. The molecule has 4 nitrogen and oxygen atoms in total. The molecular weight excluding hydrogens is 237 g/mol. The molecular formula is C13H14FNO3. The summed E-state index contributed by atoms with van der Waals surface area (Å²) in [7, 11) is 0. The average molecular weight is 251 g/mol. The van der Waals surface area contributed by atoms with Crippen molar-refractivity contribution < 1.29 is 19.1 Å². The van der Waals surface area contributed by atoms with Crippen LogP contribution in [0.3, 0.4) is 0 Å². The van der Waals surface area contributed by atoms with Crippen molar-refractivity contribution in [1.29, 1.82) is 0 Å². The fourth-order valence-electron chi connectivity index (χ4n) is 2.05. The van der Waals surface area contributed by atoms with Crippen LogP contribution in [0.25, 0.3) is 0 Å². The van der Waals surface area contributed by atoms with Crippen LogP contribution in [-0.4, -0.2) is 17.0 Å². The second-order valence-corrected chi connectivity index (χ2v) is 4.68. The van der Waals surface area contributed by atoms with E-state index in [0.29, 0.717) is 19.3 Å². The minimum absolute atomic E-state index is 0.0347. The topological polar surface area (TPSA) is 66.4 Å². The molecule has 0 aliphatic heterocycles. The number of benzene rings is 1. The van der Waals surface area contributed by atoms with Gasteiger partial charge in [0.15, 0.2) is 0 Å². The predicted molar refractivity (Wildman–Crippen MR) is 63.7 cm³/mol. The summed E-state index contributed by atoms with van der Waals surface area (Å²) in [4.78, 5) is 23.1. The maximum absolute atomic E-state index is 13.5. The van der Waals surface area contributed by atoms with E-state index in [-0.39, 0.29) is 5.69 Å². The van der Waals surface area contributed by atoms with Crippen LogP contribution in [0.15, 0.2) is 18.2 Å². The molecule has 1 aromatic carbocycles. The zero-order valence-corrected chi connectivity index (χ0v) is 10.00. The van der Waals surface area contributed by atoms with Crippen molar-refractivity contribution in [3.05, 3.63) is 29.6 Å². The van der Waals surface area contributed by atoms with E-state index in [1.165, 1.54) is 12.1 Å². The van der Waals surface area contributed by atoms with Crippen LogP contribution in [0.5, 0.6) is 0 Å². The van der Waals surface area contributed by atoms with Crippen molar-refractivity contribution in [3.8, 4) is 0 Å². The molecule has 0 spiro atoms. The van der Waals surface area contributed by atoms with Crippen LogP contribution in [-0.2, 0) is 9.59 Å². The number of anilines is 1. The first-order valence-corrected chi connectivity index (χ1v) is 5.77. The molecule has 5 heteroatoms. The number of aryl methyl sites for hydroxylation is 1. The van der Waals surface area contributed by atoms with Gasteiger partial charge in [-0.15, -0.1) is 0 Å². The standard InChI is InChI=1S/C13H14FNO3/c1-8-3-4-9(14)10(7-8)15-11(16)13(12(17)18)5-2-6-13/h3-4,7H,2,5-6H2,1H3,(H,15,16)(H,17,18). The maximum atomic E-state index is 13.5. The molecule has 1 amide bonds. The van der Waals surface area contributed by atoms with Crippen molar-refractivity contribution in [2.75, 3.05) is 5.32 Å². The SMILES string of the molecule is Cc1ccc(F)c(NC(=O)C2(C(=O)O)CCC2)c1. The molecule has 0 radical (unpaired) electrons. The van der Waals surface area contributed by atoms with Gasteiger partial charge in [-0.25, -0.2) is 4.39 Å². The van der Waals surface area contributed by atoms with Crippen LogP contribution < -0.4 is 5.32 Å². The molecule has 96 valence electrons. The normalized spacial score (nSPS) is 16.8. The van der Waals surface area contributed by atoms with Gasteiger partial charge < -0.3 is 10.4 Å². The van der Waals surface area contributed by atoms with Gasteiger partial charge in [-0.2, -0.15) is 0 Å². The lowest BCUT2D eigenvalue weighted by molar-refractivity contribution is -0.159. The molecule has 0 atom stereocenters. The Hall–Kier alpha value is -1.91. The molecule has 0 heterocycles. The fourth-order valence-corrected chi connectivity index (χ4v) is 2.05. The number of carbonyl (C=O) groups excluding carboxylic acids is 1. The highest BCUT2D eigenvalue weighted by molar-refractivity contribution is 6.09. The van der Waals surface area contributed by atoms with Gasteiger partial charge in [-0.3, -0.25) is 9.59 Å². The quantitative estimate of drug-likeness (QED) is 0.810. The highest BCUT2D eigenvalue weighted by atomic mass is 19.1. The van der Waals surface area contributed by atoms with Crippen LogP contribution in [0.2, 0.25) is 0 Å². The highest BCUT2D eigenvalue weighted by Crippen LogP contribution is 2.42. The average Bonchev–Trinajstić information content (AvgIpc) is 2.21. The summed E-state index contributed by atoms with van der Waals surface area (Å²) in [5, 5.41) is 11.5. The van der Waals surface area contributed by atoms with Gasteiger partial charge >= 0.3 is 5.97 Å². The first kappa shape index (κ1) is 12.5. The molecule has 18 heavy (non-hydrogen) atoms. The Balaban J connectivity index is 2.21. The van der Waals surface area contributed by atoms with Gasteiger partial charge in [0, 0.05) is 0 Å². The highest BCUT2D eigenvalue weighted by Gasteiger charge is 2.51. The van der Waals surface area contributed by atoms with Crippen molar-refractivity contribution in [2.45, 2.75) is 26.2 Å². The van der Waals surface area contributed by atoms with Crippen molar-refractivity contribution in [1.82, 2.24) is 0 Å². The number of nitrogens with one attached hydrogen (secondary N) is 1. The third-order valence-corrected chi connectivity index (χ3v) is 3.42. The number of hydrogen-bond acceptors (Lipinski definition) is 2. The lowest BCUT2D eigenvalue weighted by Crippen LogP contribution is -2.48. The van der Waals surface area contributed by atoms with Gasteiger partial charge in [0.05, 0.1) is 5.69 Å². The first-order chi connectivity index (χ1) is 8.45. The summed E-state index contributed by atoms with van der Waals surface area (Å²) in [6, 6.07) is 4.32. The van der Waals surface area contributed by atoms with E-state index in [0.717, 1.165) is 5.56 Å². The second-order valence-electron chi connectivity index (χ2n) is 4.68. The maximum Gasteiger partial charge on any atom is 0.319 e. The summed E-state index contributed by atoms with van der Waals surface area (Å²) < 4.78 is 13.5. The Kier molecular flexibility index (Phi) is 3.07. The van der Waals surface area contributed by atoms with Crippen molar-refractivity contribution >= 4 is 17.6 Å². The molecule has 2 rings (SSSR count). The third kappa shape index (κ3) is 1.96. The van der Waals surface area contributed by atoms with Gasteiger partial charge in [0.25, 0.3) is 0 Å². The molecule has 1 aliphatic carbocycles. The lowest BCUT2D eigenvalue weighted by atomic mass is 9.68. The lowest BCUT2D eigenvalue weighted by Gasteiger charge is -2.35. The Morgan fingerprint density at radius 2 is 2.06 bits per heavy atom. The second kappa shape index (κ2) is 4.40. The van der Waals surface area contributed by atoms with E-state index in [4.69, 9.17) is 5.11 Å². The van der Waals surface area contributed by atoms with E-state index in [1.54, 1.807) is 13.0 Å². The molecule has 2 N–H and O–H groups in total. The number of carboxylic acids is 1. The van der Waals surface area contributed by atoms with Crippen LogP contribution in [0.4, 0.5) is 10.1 Å². The molecule has 0 aromatic heterocycles. The molecule has 0 saturated heterocycles. The summed E-state index contributed by atoms with van der Waals surface area (Å²) >= 11 is 0. The monoisotopic (exact) mass is 251 g/mol. The fraction of sp³-hybridized carbons (Fsp3) is 0.385. The van der Waals surface area contributed by atoms with E-state index < -0.39 is 23.1 Å². The Morgan fingerprint density at radius 1 is 1.39 bits per heavy atom. The Morgan fingerprint density at radius 3 is 2.56 bits per heavy atom. The molecule has 1 saturated carbocycles. The van der Waals surface area contributed by atoms with E-state index in [2.05, 4.69) is 5.32 Å². The van der Waals surface area contributed by atoms with Crippen molar-refractivity contribution in [3.63, 3.8) is 0 Å². The number of carbonyl (C=O) groups is 2. The number of hydrogen-bond donors (Lipinski definition) is 2. The molecule has 1 aromatic rings. The molecule has 1 aliphatic rings. The zero-order chi connectivity index (χ0) is 13.3. The third-order valence-electron chi connectivity index (χ3n) is 3.42. The Labute approximate surface area is 104 Å². The summed E-state index contributed by atoms with van der Waals surface area (Å²) in [5.74, 6) is -2.33. The van der Waals surface area contributed by atoms with Gasteiger partial charge in [-0.1, -0.05) is 12.5 Å². The van der Waals surface area contributed by atoms with Crippen LogP contribution in [0, 0.1) is 18.2 Å². The minimum atomic E-state index is -1.38. The number of carboxylic acid groups (broad SMARTS) is 1. The molecule has 0 unspecified atom stereocenters. The summed E-state index contributed by atoms with van der Waals surface area (Å²) in [5.41, 5.74) is -0.548. The number of amides is 1. The molecule has 0 bridgehead atoms.